The van der Waals surface area contributed by atoms with Crippen LogP contribution in [0.15, 0.2) is 30.3 Å². The van der Waals surface area contributed by atoms with Gasteiger partial charge in [-0.2, -0.15) is 12.6 Å². The first kappa shape index (κ1) is 32.7. The van der Waals surface area contributed by atoms with Gasteiger partial charge in [0.05, 0.1) is 0 Å². The second-order valence-electron chi connectivity index (χ2n) is 10.3. The maximum atomic E-state index is 13.1. The molecule has 0 aliphatic rings. The summed E-state index contributed by atoms with van der Waals surface area (Å²) >= 11 is 4.19. The Bertz CT molecular complexity index is 951. The van der Waals surface area contributed by atoms with Crippen molar-refractivity contribution in [3.63, 3.8) is 0 Å². The van der Waals surface area contributed by atoms with Gasteiger partial charge in [-0.25, -0.2) is 4.79 Å². The Balaban J connectivity index is 2.92. The number of hydrogen-bond acceptors (Lipinski definition) is 7. The van der Waals surface area contributed by atoms with Gasteiger partial charge in [-0.05, 0) is 45.1 Å². The number of rotatable bonds is 14. The van der Waals surface area contributed by atoms with Crippen LogP contribution >= 0.6 is 12.6 Å². The Kier molecular flexibility index (Phi) is 13.7. The smallest absolute Gasteiger partial charge is 0.408 e. The van der Waals surface area contributed by atoms with Crippen LogP contribution in [0, 0.1) is 5.92 Å². The lowest BCUT2D eigenvalue weighted by molar-refractivity contribution is -0.137. The number of carbonyl (C=O) groups is 5. The van der Waals surface area contributed by atoms with Gasteiger partial charge in [-0.1, -0.05) is 44.2 Å². The van der Waals surface area contributed by atoms with Crippen LogP contribution in [0.5, 0.6) is 0 Å². The van der Waals surface area contributed by atoms with Crippen LogP contribution in [-0.2, 0) is 30.5 Å². The lowest BCUT2D eigenvalue weighted by Gasteiger charge is -2.26. The first-order chi connectivity index (χ1) is 17.7. The largest absolute Gasteiger partial charge is 0.481 e. The van der Waals surface area contributed by atoms with Crippen LogP contribution in [0.3, 0.4) is 0 Å². The third kappa shape index (κ3) is 13.3. The predicted molar refractivity (Wildman–Crippen MR) is 145 cm³/mol. The van der Waals surface area contributed by atoms with E-state index in [9.17, 15) is 24.0 Å². The van der Waals surface area contributed by atoms with E-state index < -0.39 is 59.9 Å². The molecule has 3 atom stereocenters. The maximum absolute atomic E-state index is 13.1. The quantitative estimate of drug-likeness (QED) is 0.192. The Labute approximate surface area is 229 Å². The zero-order chi connectivity index (χ0) is 28.9. The number of carbonyl (C=O) groups excluding carboxylic acids is 4. The van der Waals surface area contributed by atoms with Crippen LogP contribution in [0.1, 0.15) is 59.4 Å². The molecule has 1 rings (SSSR count). The third-order valence-electron chi connectivity index (χ3n) is 5.12. The van der Waals surface area contributed by atoms with E-state index in [2.05, 4.69) is 33.9 Å². The topological polar surface area (TPSA) is 163 Å². The lowest BCUT2D eigenvalue weighted by atomic mass is 10.0. The van der Waals surface area contributed by atoms with Gasteiger partial charge in [-0.15, -0.1) is 0 Å². The van der Waals surface area contributed by atoms with Crippen molar-refractivity contribution >= 4 is 42.4 Å². The van der Waals surface area contributed by atoms with Crippen LogP contribution in [-0.4, -0.2) is 64.4 Å². The number of carboxylic acid groups (broad SMARTS) is 1. The van der Waals surface area contributed by atoms with Crippen LogP contribution in [0.25, 0.3) is 0 Å². The summed E-state index contributed by atoms with van der Waals surface area (Å²) in [6.07, 6.45) is -1.26. The van der Waals surface area contributed by atoms with E-state index in [4.69, 9.17) is 9.84 Å². The van der Waals surface area contributed by atoms with E-state index >= 15 is 0 Å². The molecule has 0 aliphatic carbocycles. The number of benzene rings is 1. The highest BCUT2D eigenvalue weighted by Gasteiger charge is 2.31. The minimum absolute atomic E-state index is 0.0105. The summed E-state index contributed by atoms with van der Waals surface area (Å²) in [6.45, 7) is 8.93. The van der Waals surface area contributed by atoms with Crippen LogP contribution in [0.2, 0.25) is 0 Å². The van der Waals surface area contributed by atoms with E-state index in [-0.39, 0.29) is 31.1 Å². The standard InChI is InChI=1S/C26H40N4O7S/c1-16(2)13-19(24(35)29-20(15-38)22(33)27-14-17-9-7-6-8-10-17)28-23(34)18(11-12-21(31)32)30-25(36)37-26(3,4)5/h6-10,16,18-20,38H,11-15H2,1-5H3,(H,27,33)(H,28,34)(H,29,35)(H,30,36)(H,31,32)/t18-,19-,20-/m0/s1. The molecule has 0 spiro atoms. The fourth-order valence-corrected chi connectivity index (χ4v) is 3.59. The summed E-state index contributed by atoms with van der Waals surface area (Å²) in [5.41, 5.74) is 0.0564. The molecule has 0 aliphatic heterocycles. The van der Waals surface area contributed by atoms with Gasteiger partial charge in [0.2, 0.25) is 17.7 Å². The molecule has 212 valence electrons. The van der Waals surface area contributed by atoms with E-state index in [0.29, 0.717) is 0 Å². The Hall–Kier alpha value is -3.28. The monoisotopic (exact) mass is 552 g/mol. The highest BCUT2D eigenvalue weighted by molar-refractivity contribution is 7.80. The molecule has 0 saturated heterocycles. The Morgan fingerprint density at radius 2 is 1.47 bits per heavy atom. The highest BCUT2D eigenvalue weighted by Crippen LogP contribution is 2.10. The Morgan fingerprint density at radius 3 is 2.00 bits per heavy atom. The molecule has 38 heavy (non-hydrogen) atoms. The fraction of sp³-hybridized carbons (Fsp3) is 0.577. The van der Waals surface area contributed by atoms with E-state index in [0.717, 1.165) is 5.56 Å². The average molecular weight is 553 g/mol. The zero-order valence-corrected chi connectivity index (χ0v) is 23.5. The molecular weight excluding hydrogens is 512 g/mol. The van der Waals surface area contributed by atoms with Gasteiger partial charge in [-0.3, -0.25) is 19.2 Å². The number of ether oxygens (including phenoxy) is 1. The molecule has 1 aromatic carbocycles. The molecular formula is C26H40N4O7S. The van der Waals surface area contributed by atoms with Gasteiger partial charge >= 0.3 is 12.1 Å². The molecule has 0 aromatic heterocycles. The molecule has 4 amide bonds. The van der Waals surface area contributed by atoms with Gasteiger partial charge < -0.3 is 31.1 Å². The molecule has 12 heteroatoms. The van der Waals surface area contributed by atoms with E-state index in [1.807, 2.05) is 44.2 Å². The molecule has 0 unspecified atom stereocenters. The summed E-state index contributed by atoms with van der Waals surface area (Å²) in [4.78, 5) is 62.2. The molecule has 0 heterocycles. The number of amides is 4. The number of aliphatic carboxylic acids is 1. The van der Waals surface area contributed by atoms with Crippen molar-refractivity contribution in [3.8, 4) is 0 Å². The average Bonchev–Trinajstić information content (AvgIpc) is 2.82. The lowest BCUT2D eigenvalue weighted by Crippen LogP contribution is -2.57. The molecule has 11 nitrogen and oxygen atoms in total. The SMILES string of the molecule is CC(C)C[C@H](NC(=O)[C@H](CCC(=O)O)NC(=O)OC(C)(C)C)C(=O)N[C@@H](CS)C(=O)NCc1ccccc1. The first-order valence-corrected chi connectivity index (χ1v) is 13.1. The minimum Gasteiger partial charge on any atom is -0.481 e. The van der Waals surface area contributed by atoms with Crippen molar-refractivity contribution in [2.75, 3.05) is 5.75 Å². The predicted octanol–water partition coefficient (Wildman–Crippen LogP) is 2.01. The summed E-state index contributed by atoms with van der Waals surface area (Å²) in [6, 6.07) is 6.02. The van der Waals surface area contributed by atoms with E-state index in [1.54, 1.807) is 20.8 Å². The summed E-state index contributed by atoms with van der Waals surface area (Å²) in [5.74, 6) is -2.91. The first-order valence-electron chi connectivity index (χ1n) is 12.5. The van der Waals surface area contributed by atoms with E-state index in [1.165, 1.54) is 0 Å². The van der Waals surface area contributed by atoms with Crippen LogP contribution in [0.4, 0.5) is 4.79 Å². The second kappa shape index (κ2) is 15.9. The third-order valence-corrected chi connectivity index (χ3v) is 5.48. The molecule has 0 saturated carbocycles. The number of hydrogen-bond donors (Lipinski definition) is 6. The molecule has 0 fully saturated rings. The molecule has 0 bridgehead atoms. The zero-order valence-electron chi connectivity index (χ0n) is 22.6. The molecule has 0 radical (unpaired) electrons. The second-order valence-corrected chi connectivity index (χ2v) is 10.6. The summed E-state index contributed by atoms with van der Waals surface area (Å²) in [7, 11) is 0. The summed E-state index contributed by atoms with van der Waals surface area (Å²) in [5, 5.41) is 19.4. The minimum atomic E-state index is -1.25. The Morgan fingerprint density at radius 1 is 0.895 bits per heavy atom. The summed E-state index contributed by atoms with van der Waals surface area (Å²) < 4.78 is 5.18. The maximum Gasteiger partial charge on any atom is 0.408 e. The fourth-order valence-electron chi connectivity index (χ4n) is 3.34. The van der Waals surface area contributed by atoms with Gasteiger partial charge in [0.1, 0.15) is 23.7 Å². The van der Waals surface area contributed by atoms with Crippen molar-refractivity contribution in [1.29, 1.82) is 0 Å². The van der Waals surface area contributed by atoms with Gasteiger partial charge in [0, 0.05) is 18.7 Å². The van der Waals surface area contributed by atoms with Crippen molar-refractivity contribution in [2.24, 2.45) is 5.92 Å². The normalized spacial score (nSPS) is 13.6. The highest BCUT2D eigenvalue weighted by atomic mass is 32.1. The van der Waals surface area contributed by atoms with Crippen molar-refractivity contribution in [2.45, 2.75) is 84.2 Å². The van der Waals surface area contributed by atoms with Gasteiger partial charge in [0.15, 0.2) is 0 Å². The van der Waals surface area contributed by atoms with Gasteiger partial charge in [0.25, 0.3) is 0 Å². The van der Waals surface area contributed by atoms with Crippen molar-refractivity contribution in [3.05, 3.63) is 35.9 Å². The number of alkyl carbamates (subject to hydrolysis) is 1. The van der Waals surface area contributed by atoms with Crippen molar-refractivity contribution < 1.29 is 33.8 Å². The molecule has 5 N–H and O–H groups in total. The van der Waals surface area contributed by atoms with Crippen molar-refractivity contribution in [1.82, 2.24) is 21.3 Å². The number of carboxylic acids is 1. The molecule has 1 aromatic rings. The van der Waals surface area contributed by atoms with Crippen LogP contribution < -0.4 is 21.3 Å². The number of nitrogens with one attached hydrogen (secondary N) is 4. The number of thiol groups is 1.